The molecule has 0 aliphatic rings. The van der Waals surface area contributed by atoms with Gasteiger partial charge in [-0.2, -0.15) is 0 Å². The Bertz CT molecular complexity index is 1420. The largest absolute Gasteiger partial charge is 0.368 e. The fraction of sp³-hybridized carbons (Fsp3) is 0.818. The SMILES string of the molecule is CCC[C@H](NC(=O)[C@H](CCCCN)NC(=O)[C@H](CCC)NC(=O)[C@H](CCCCN)NC(=O)[C@H](CCC)NC(=O)[C@H](CCCCN)NC(=O)[C@@H](N)CCC)C(=O)N[C@@H](CCCCN)C(N)=O. The maximum absolute atomic E-state index is 14.0. The molecule has 0 bridgehead atoms. The summed E-state index contributed by atoms with van der Waals surface area (Å²) in [6.45, 7) is 8.88. The second kappa shape index (κ2) is 36.7. The molecule has 376 valence electrons. The van der Waals surface area contributed by atoms with Crippen molar-refractivity contribution in [2.75, 3.05) is 26.2 Å². The van der Waals surface area contributed by atoms with Gasteiger partial charge in [-0.05, 0) is 129 Å². The summed E-state index contributed by atoms with van der Waals surface area (Å²) in [6.07, 6.45) is 8.53. The van der Waals surface area contributed by atoms with Gasteiger partial charge in [0.1, 0.15) is 42.3 Å². The molecule has 19 N–H and O–H groups in total. The summed E-state index contributed by atoms with van der Waals surface area (Å²) in [6, 6.07) is -8.18. The van der Waals surface area contributed by atoms with E-state index in [9.17, 15) is 38.4 Å². The minimum absolute atomic E-state index is 0.170. The first-order valence-corrected chi connectivity index (χ1v) is 24.1. The van der Waals surface area contributed by atoms with Gasteiger partial charge in [0.15, 0.2) is 0 Å². The van der Waals surface area contributed by atoms with Crippen LogP contribution in [0.4, 0.5) is 0 Å². The summed E-state index contributed by atoms with van der Waals surface area (Å²) in [5.41, 5.74) is 34.3. The number of hydrogen-bond acceptors (Lipinski definition) is 13. The molecule has 65 heavy (non-hydrogen) atoms. The first-order valence-electron chi connectivity index (χ1n) is 24.1. The second-order valence-corrected chi connectivity index (χ2v) is 16.7. The standard InChI is InChI=1S/C44H87N13O8/c1-5-17-29(49)38(59)52-34(22-10-14-26-46)42(63)54-32(19-7-3)40(61)57-36(24-12-16-28-48)44(65)55-33(20-8-4)41(62)56-35(23-11-15-27-47)43(64)53-31(18-6-2)39(60)51-30(37(50)58)21-9-13-25-45/h29-36H,5-28,45-49H2,1-4H3,(H2,50,58)(H,51,60)(H,52,59)(H,53,64)(H,54,63)(H,55,65)(H,56,62)(H,57,61)/t29-,30-,31-,32-,33-,34-,35-,36-/m0/s1. The third-order valence-electron chi connectivity index (χ3n) is 10.9. The van der Waals surface area contributed by atoms with Crippen molar-refractivity contribution in [3.8, 4) is 0 Å². The lowest BCUT2D eigenvalue weighted by Gasteiger charge is -2.28. The van der Waals surface area contributed by atoms with E-state index in [2.05, 4.69) is 37.2 Å². The zero-order valence-electron chi connectivity index (χ0n) is 39.8. The van der Waals surface area contributed by atoms with Crippen LogP contribution in [-0.2, 0) is 38.4 Å². The van der Waals surface area contributed by atoms with Crippen LogP contribution in [0.2, 0.25) is 0 Å². The molecule has 0 heterocycles. The van der Waals surface area contributed by atoms with Gasteiger partial charge in [0.05, 0.1) is 6.04 Å². The van der Waals surface area contributed by atoms with Crippen LogP contribution >= 0.6 is 0 Å². The smallest absolute Gasteiger partial charge is 0.243 e. The Morgan fingerprint density at radius 3 is 0.769 bits per heavy atom. The average molecular weight is 926 g/mol. The fourth-order valence-electron chi connectivity index (χ4n) is 7.09. The number of amides is 8. The quantitative estimate of drug-likeness (QED) is 0.0327. The Morgan fingerprint density at radius 2 is 0.538 bits per heavy atom. The van der Waals surface area contributed by atoms with E-state index in [-0.39, 0.29) is 44.9 Å². The summed E-state index contributed by atoms with van der Waals surface area (Å²) in [7, 11) is 0. The number of nitrogens with one attached hydrogen (secondary N) is 7. The molecule has 0 aromatic carbocycles. The van der Waals surface area contributed by atoms with Crippen molar-refractivity contribution in [3.05, 3.63) is 0 Å². The molecule has 0 aliphatic heterocycles. The first kappa shape index (κ1) is 60.6. The van der Waals surface area contributed by atoms with Gasteiger partial charge < -0.3 is 71.6 Å². The van der Waals surface area contributed by atoms with Crippen LogP contribution in [0.15, 0.2) is 0 Å². The lowest BCUT2D eigenvalue weighted by molar-refractivity contribution is -0.136. The molecule has 0 aromatic heterocycles. The van der Waals surface area contributed by atoms with Gasteiger partial charge in [-0.15, -0.1) is 0 Å². The molecule has 8 atom stereocenters. The molecule has 0 radical (unpaired) electrons. The van der Waals surface area contributed by atoms with Crippen LogP contribution in [0.3, 0.4) is 0 Å². The fourth-order valence-corrected chi connectivity index (χ4v) is 7.09. The van der Waals surface area contributed by atoms with Crippen molar-refractivity contribution in [2.45, 2.75) is 204 Å². The van der Waals surface area contributed by atoms with E-state index in [1.54, 1.807) is 0 Å². The Morgan fingerprint density at radius 1 is 0.323 bits per heavy atom. The second-order valence-electron chi connectivity index (χ2n) is 16.7. The number of unbranched alkanes of at least 4 members (excludes halogenated alkanes) is 4. The maximum Gasteiger partial charge on any atom is 0.243 e. The summed E-state index contributed by atoms with van der Waals surface area (Å²) in [5, 5.41) is 19.2. The summed E-state index contributed by atoms with van der Waals surface area (Å²) < 4.78 is 0. The zero-order valence-corrected chi connectivity index (χ0v) is 39.8. The number of primary amides is 1. The van der Waals surface area contributed by atoms with Gasteiger partial charge >= 0.3 is 0 Å². The first-order chi connectivity index (χ1) is 31.1. The normalized spacial score (nSPS) is 14.8. The Balaban J connectivity index is 6.35. The number of nitrogens with two attached hydrogens (primary N) is 6. The van der Waals surface area contributed by atoms with Gasteiger partial charge in [-0.1, -0.05) is 53.4 Å². The van der Waals surface area contributed by atoms with E-state index in [4.69, 9.17) is 34.4 Å². The predicted molar refractivity (Wildman–Crippen MR) is 252 cm³/mol. The van der Waals surface area contributed by atoms with Gasteiger partial charge in [0.2, 0.25) is 47.3 Å². The Kier molecular flexibility index (Phi) is 34.2. The van der Waals surface area contributed by atoms with E-state index >= 15 is 0 Å². The Hall–Kier alpha value is -4.44. The number of carbonyl (C=O) groups excluding carboxylic acids is 8. The average Bonchev–Trinajstić information content (AvgIpc) is 3.26. The third-order valence-corrected chi connectivity index (χ3v) is 10.9. The van der Waals surface area contributed by atoms with Crippen molar-refractivity contribution in [1.82, 2.24) is 37.2 Å². The minimum Gasteiger partial charge on any atom is -0.368 e. The highest BCUT2D eigenvalue weighted by Gasteiger charge is 2.33. The van der Waals surface area contributed by atoms with Crippen LogP contribution in [0, 0.1) is 0 Å². The maximum atomic E-state index is 14.0. The van der Waals surface area contributed by atoms with Crippen LogP contribution in [0.25, 0.3) is 0 Å². The number of hydrogen-bond donors (Lipinski definition) is 13. The summed E-state index contributed by atoms with van der Waals surface area (Å²) in [4.78, 5) is 108. The van der Waals surface area contributed by atoms with E-state index in [1.165, 1.54) is 0 Å². The molecule has 0 unspecified atom stereocenters. The van der Waals surface area contributed by atoms with E-state index in [1.807, 2.05) is 27.7 Å². The molecule has 0 spiro atoms. The number of rotatable bonds is 39. The van der Waals surface area contributed by atoms with Crippen LogP contribution in [-0.4, -0.2) is 122 Å². The minimum atomic E-state index is -1.12. The van der Waals surface area contributed by atoms with Crippen molar-refractivity contribution in [1.29, 1.82) is 0 Å². The zero-order chi connectivity index (χ0) is 49.2. The van der Waals surface area contributed by atoms with Gasteiger partial charge in [0.25, 0.3) is 0 Å². The highest BCUT2D eigenvalue weighted by Crippen LogP contribution is 2.11. The molecule has 0 saturated carbocycles. The highest BCUT2D eigenvalue weighted by atomic mass is 16.2. The molecule has 8 amide bonds. The highest BCUT2D eigenvalue weighted by molar-refractivity contribution is 5.97. The topological polar surface area (TPSA) is 377 Å². The number of carbonyl (C=O) groups is 8. The van der Waals surface area contributed by atoms with Crippen LogP contribution < -0.4 is 71.6 Å². The lowest BCUT2D eigenvalue weighted by atomic mass is 10.0. The van der Waals surface area contributed by atoms with Crippen molar-refractivity contribution < 1.29 is 38.4 Å². The summed E-state index contributed by atoms with van der Waals surface area (Å²) >= 11 is 0. The van der Waals surface area contributed by atoms with E-state index in [0.717, 1.165) is 0 Å². The third kappa shape index (κ3) is 25.7. The molecular weight excluding hydrogens is 839 g/mol. The van der Waals surface area contributed by atoms with Crippen molar-refractivity contribution in [3.63, 3.8) is 0 Å². The van der Waals surface area contributed by atoms with E-state index in [0.29, 0.717) is 110 Å². The molecule has 0 fully saturated rings. The molecule has 0 saturated heterocycles. The van der Waals surface area contributed by atoms with Gasteiger partial charge in [0, 0.05) is 0 Å². The Labute approximate surface area is 387 Å². The predicted octanol–water partition coefficient (Wildman–Crippen LogP) is -1.09. The van der Waals surface area contributed by atoms with E-state index < -0.39 is 95.6 Å². The van der Waals surface area contributed by atoms with Gasteiger partial charge in [-0.25, -0.2) is 0 Å². The van der Waals surface area contributed by atoms with Crippen molar-refractivity contribution in [2.24, 2.45) is 34.4 Å². The molecule has 0 aliphatic carbocycles. The van der Waals surface area contributed by atoms with Crippen molar-refractivity contribution >= 4 is 47.3 Å². The molecule has 0 rings (SSSR count). The molecule has 21 nitrogen and oxygen atoms in total. The molecule has 21 heteroatoms. The monoisotopic (exact) mass is 926 g/mol. The lowest BCUT2D eigenvalue weighted by Crippen LogP contribution is -2.60. The van der Waals surface area contributed by atoms with Gasteiger partial charge in [-0.3, -0.25) is 38.4 Å². The molecule has 0 aromatic rings. The summed E-state index contributed by atoms with van der Waals surface area (Å²) in [5.74, 6) is -4.92. The molecular formula is C44H87N13O8. The van der Waals surface area contributed by atoms with Crippen LogP contribution in [0.5, 0.6) is 0 Å². The van der Waals surface area contributed by atoms with Crippen LogP contribution in [0.1, 0.15) is 156 Å².